The summed E-state index contributed by atoms with van der Waals surface area (Å²) in [6, 6.07) is 10.2. The first-order chi connectivity index (χ1) is 13.3. The molecule has 1 aromatic carbocycles. The predicted octanol–water partition coefficient (Wildman–Crippen LogP) is 2.19. The van der Waals surface area contributed by atoms with Gasteiger partial charge in [0, 0.05) is 25.4 Å². The van der Waals surface area contributed by atoms with Gasteiger partial charge in [-0.05, 0) is 55.3 Å². The molecule has 3 aromatic rings. The number of benzene rings is 1. The normalized spacial score (nSPS) is 11.4. The number of hydrogen-bond acceptors (Lipinski definition) is 5. The van der Waals surface area contributed by atoms with Crippen LogP contribution in [0.1, 0.15) is 17.5 Å². The molecule has 0 saturated heterocycles. The van der Waals surface area contributed by atoms with Crippen molar-refractivity contribution in [2.45, 2.75) is 25.2 Å². The maximum Gasteiger partial charge on any atom is 0.240 e. The highest BCUT2D eigenvalue weighted by molar-refractivity contribution is 7.89. The van der Waals surface area contributed by atoms with E-state index in [9.17, 15) is 13.2 Å². The van der Waals surface area contributed by atoms with E-state index in [4.69, 9.17) is 0 Å². The molecule has 0 atom stereocenters. The van der Waals surface area contributed by atoms with Crippen LogP contribution >= 0.6 is 0 Å². The van der Waals surface area contributed by atoms with Gasteiger partial charge in [0.2, 0.25) is 15.9 Å². The van der Waals surface area contributed by atoms with Crippen LogP contribution in [0.15, 0.2) is 59.9 Å². The average molecular weight is 399 g/mol. The Morgan fingerprint density at radius 1 is 1.14 bits per heavy atom. The number of nitrogens with one attached hydrogen (secondary N) is 2. The lowest BCUT2D eigenvalue weighted by atomic mass is 10.1. The molecular weight excluding hydrogens is 378 g/mol. The first kappa shape index (κ1) is 19.7. The van der Waals surface area contributed by atoms with E-state index in [-0.39, 0.29) is 23.8 Å². The molecule has 8 nitrogen and oxygen atoms in total. The Balaban J connectivity index is 1.52. The molecule has 0 aliphatic rings. The molecule has 0 fully saturated rings. The Morgan fingerprint density at radius 2 is 1.96 bits per heavy atom. The van der Waals surface area contributed by atoms with Crippen LogP contribution in [0, 0.1) is 13.8 Å². The van der Waals surface area contributed by atoms with Crippen molar-refractivity contribution in [3.8, 4) is 5.82 Å². The van der Waals surface area contributed by atoms with E-state index >= 15 is 0 Å². The summed E-state index contributed by atoms with van der Waals surface area (Å²) in [5, 5.41) is 6.77. The van der Waals surface area contributed by atoms with E-state index in [0.717, 1.165) is 11.1 Å². The van der Waals surface area contributed by atoms with Crippen LogP contribution in [0.25, 0.3) is 5.82 Å². The van der Waals surface area contributed by atoms with Crippen LogP contribution in [0.2, 0.25) is 0 Å². The largest absolute Gasteiger partial charge is 0.325 e. The second-order valence-corrected chi connectivity index (χ2v) is 8.06. The van der Waals surface area contributed by atoms with E-state index in [0.29, 0.717) is 11.5 Å². The lowest BCUT2D eigenvalue weighted by Crippen LogP contribution is -2.28. The topological polar surface area (TPSA) is 106 Å². The maximum atomic E-state index is 12.3. The summed E-state index contributed by atoms with van der Waals surface area (Å²) < 4.78 is 28.7. The van der Waals surface area contributed by atoms with Crippen molar-refractivity contribution in [3.63, 3.8) is 0 Å². The predicted molar refractivity (Wildman–Crippen MR) is 106 cm³/mol. The standard InChI is InChI=1S/C19H21N5O3S/c1-14-4-6-17(12-15(14)2)28(26,27)22-10-8-19(25)23-16-5-7-18(20-13-16)24-11-3-9-21-24/h3-7,9,11-13,22H,8,10H2,1-2H3,(H,23,25). The van der Waals surface area contributed by atoms with Crippen molar-refractivity contribution in [1.82, 2.24) is 19.5 Å². The van der Waals surface area contributed by atoms with Crippen LogP contribution in [0.3, 0.4) is 0 Å². The number of carbonyl (C=O) groups is 1. The van der Waals surface area contributed by atoms with E-state index in [1.807, 2.05) is 13.8 Å². The molecule has 9 heteroatoms. The number of anilines is 1. The van der Waals surface area contributed by atoms with Gasteiger partial charge in [0.1, 0.15) is 0 Å². The second-order valence-electron chi connectivity index (χ2n) is 6.30. The van der Waals surface area contributed by atoms with Gasteiger partial charge in [-0.25, -0.2) is 22.8 Å². The molecule has 0 saturated carbocycles. The Bertz CT molecular complexity index is 1060. The number of pyridine rings is 1. The lowest BCUT2D eigenvalue weighted by molar-refractivity contribution is -0.116. The van der Waals surface area contributed by atoms with Crippen molar-refractivity contribution in [1.29, 1.82) is 0 Å². The third-order valence-electron chi connectivity index (χ3n) is 4.20. The molecular formula is C19H21N5O3S. The fraction of sp³-hybridized carbons (Fsp3) is 0.211. The molecule has 146 valence electrons. The number of aromatic nitrogens is 3. The summed E-state index contributed by atoms with van der Waals surface area (Å²) in [7, 11) is -3.65. The lowest BCUT2D eigenvalue weighted by Gasteiger charge is -2.09. The molecule has 0 aliphatic carbocycles. The van der Waals surface area contributed by atoms with Crippen LogP contribution in [-0.4, -0.2) is 35.6 Å². The van der Waals surface area contributed by atoms with Gasteiger partial charge < -0.3 is 5.32 Å². The summed E-state index contributed by atoms with van der Waals surface area (Å²) in [5.74, 6) is 0.320. The van der Waals surface area contributed by atoms with Gasteiger partial charge in [0.05, 0.1) is 16.8 Å². The van der Waals surface area contributed by atoms with Crippen molar-refractivity contribution in [3.05, 3.63) is 66.1 Å². The maximum absolute atomic E-state index is 12.3. The molecule has 0 bridgehead atoms. The molecule has 0 spiro atoms. The van der Waals surface area contributed by atoms with Gasteiger partial charge in [-0.1, -0.05) is 6.07 Å². The Hall–Kier alpha value is -3.04. The molecule has 2 aromatic heterocycles. The van der Waals surface area contributed by atoms with Gasteiger partial charge in [0.25, 0.3) is 0 Å². The van der Waals surface area contributed by atoms with E-state index in [1.54, 1.807) is 53.5 Å². The van der Waals surface area contributed by atoms with Crippen LogP contribution in [-0.2, 0) is 14.8 Å². The summed E-state index contributed by atoms with van der Waals surface area (Å²) in [6.45, 7) is 3.77. The minimum atomic E-state index is -3.65. The smallest absolute Gasteiger partial charge is 0.240 e. The SMILES string of the molecule is Cc1ccc(S(=O)(=O)NCCC(=O)Nc2ccc(-n3cccn3)nc2)cc1C. The first-order valence-electron chi connectivity index (χ1n) is 8.68. The monoisotopic (exact) mass is 399 g/mol. The van der Waals surface area contributed by atoms with E-state index in [1.165, 1.54) is 6.20 Å². The summed E-state index contributed by atoms with van der Waals surface area (Å²) in [6.07, 6.45) is 4.94. The van der Waals surface area contributed by atoms with Gasteiger partial charge in [-0.15, -0.1) is 0 Å². The zero-order chi connectivity index (χ0) is 20.1. The van der Waals surface area contributed by atoms with Crippen LogP contribution in [0.4, 0.5) is 5.69 Å². The Labute approximate surface area is 163 Å². The van der Waals surface area contributed by atoms with Gasteiger partial charge in [0.15, 0.2) is 5.82 Å². The third-order valence-corrected chi connectivity index (χ3v) is 5.66. The van der Waals surface area contributed by atoms with E-state index in [2.05, 4.69) is 20.1 Å². The number of aryl methyl sites for hydroxylation is 2. The minimum Gasteiger partial charge on any atom is -0.325 e. The molecule has 0 unspecified atom stereocenters. The Morgan fingerprint density at radius 3 is 2.61 bits per heavy atom. The number of carbonyl (C=O) groups excluding carboxylic acids is 1. The third kappa shape index (κ3) is 4.81. The molecule has 0 radical (unpaired) electrons. The molecule has 0 aliphatic heterocycles. The van der Waals surface area contributed by atoms with Crippen molar-refractivity contribution in [2.75, 3.05) is 11.9 Å². The van der Waals surface area contributed by atoms with Crippen molar-refractivity contribution >= 4 is 21.6 Å². The van der Waals surface area contributed by atoms with Crippen molar-refractivity contribution < 1.29 is 13.2 Å². The highest BCUT2D eigenvalue weighted by atomic mass is 32.2. The number of rotatable bonds is 7. The molecule has 28 heavy (non-hydrogen) atoms. The van der Waals surface area contributed by atoms with Crippen molar-refractivity contribution in [2.24, 2.45) is 0 Å². The summed E-state index contributed by atoms with van der Waals surface area (Å²) in [5.41, 5.74) is 2.44. The fourth-order valence-electron chi connectivity index (χ4n) is 2.49. The Kier molecular flexibility index (Phi) is 5.86. The number of nitrogens with zero attached hydrogens (tertiary/aromatic N) is 3. The first-order valence-corrected chi connectivity index (χ1v) is 10.2. The number of amides is 1. The minimum absolute atomic E-state index is 0.000109. The molecule has 2 N–H and O–H groups in total. The zero-order valence-electron chi connectivity index (χ0n) is 15.6. The van der Waals surface area contributed by atoms with Crippen LogP contribution in [0.5, 0.6) is 0 Å². The van der Waals surface area contributed by atoms with Gasteiger partial charge in [-0.2, -0.15) is 5.10 Å². The number of hydrogen-bond donors (Lipinski definition) is 2. The molecule has 2 heterocycles. The zero-order valence-corrected chi connectivity index (χ0v) is 16.4. The van der Waals surface area contributed by atoms with E-state index < -0.39 is 10.0 Å². The highest BCUT2D eigenvalue weighted by Gasteiger charge is 2.15. The van der Waals surface area contributed by atoms with Gasteiger partial charge >= 0.3 is 0 Å². The summed E-state index contributed by atoms with van der Waals surface area (Å²) >= 11 is 0. The summed E-state index contributed by atoms with van der Waals surface area (Å²) in [4.78, 5) is 16.5. The second kappa shape index (κ2) is 8.32. The molecule has 3 rings (SSSR count). The van der Waals surface area contributed by atoms with Crippen LogP contribution < -0.4 is 10.0 Å². The molecule has 1 amide bonds. The number of sulfonamides is 1. The quantitative estimate of drug-likeness (QED) is 0.633. The van der Waals surface area contributed by atoms with Gasteiger partial charge in [-0.3, -0.25) is 4.79 Å². The fourth-order valence-corrected chi connectivity index (χ4v) is 3.60. The average Bonchev–Trinajstić information content (AvgIpc) is 3.19. The highest BCUT2D eigenvalue weighted by Crippen LogP contribution is 2.14.